The molecule has 118 valence electrons. The van der Waals surface area contributed by atoms with Gasteiger partial charge in [-0.3, -0.25) is 0 Å². The van der Waals surface area contributed by atoms with E-state index in [9.17, 15) is 0 Å². The Hall–Kier alpha value is -1.02. The van der Waals surface area contributed by atoms with Crippen LogP contribution in [0.15, 0.2) is 24.3 Å². The van der Waals surface area contributed by atoms with Crippen molar-refractivity contribution in [2.75, 3.05) is 6.61 Å². The van der Waals surface area contributed by atoms with Gasteiger partial charge in [-0.05, 0) is 48.3 Å². The van der Waals surface area contributed by atoms with E-state index in [1.54, 1.807) is 0 Å². The Labute approximate surface area is 129 Å². The third kappa shape index (κ3) is 4.23. The molecule has 1 heterocycles. The van der Waals surface area contributed by atoms with Crippen LogP contribution in [0.25, 0.3) is 0 Å². The molecule has 0 saturated carbocycles. The van der Waals surface area contributed by atoms with Crippen LogP contribution in [-0.4, -0.2) is 12.9 Å². The molecule has 2 nitrogen and oxygen atoms in total. The van der Waals surface area contributed by atoms with E-state index in [1.165, 1.54) is 24.8 Å². The van der Waals surface area contributed by atoms with E-state index >= 15 is 0 Å². The highest BCUT2D eigenvalue weighted by Crippen LogP contribution is 2.40. The molecule has 1 fully saturated rings. The third-order valence-electron chi connectivity index (χ3n) is 4.95. The van der Waals surface area contributed by atoms with Gasteiger partial charge in [0.2, 0.25) is 0 Å². The Morgan fingerprint density at radius 2 is 1.90 bits per heavy atom. The quantitative estimate of drug-likeness (QED) is 0.686. The normalized spacial score (nSPS) is 21.0. The number of benzene rings is 1. The van der Waals surface area contributed by atoms with E-state index in [0.717, 1.165) is 25.2 Å². The van der Waals surface area contributed by atoms with Crippen molar-refractivity contribution in [1.82, 2.24) is 0 Å². The van der Waals surface area contributed by atoms with Crippen LogP contribution in [0.1, 0.15) is 71.3 Å². The van der Waals surface area contributed by atoms with Gasteiger partial charge in [-0.25, -0.2) is 0 Å². The molecule has 0 aliphatic carbocycles. The largest absolute Gasteiger partial charge is 0.465 e. The van der Waals surface area contributed by atoms with Crippen molar-refractivity contribution in [3.8, 4) is 5.75 Å². The zero-order valence-electron chi connectivity index (χ0n) is 14.0. The molecule has 1 aliphatic heterocycles. The van der Waals surface area contributed by atoms with Gasteiger partial charge < -0.3 is 9.47 Å². The summed E-state index contributed by atoms with van der Waals surface area (Å²) in [6, 6.07) is 8.65. The molecule has 2 unspecified atom stereocenters. The maximum atomic E-state index is 5.91. The molecule has 21 heavy (non-hydrogen) atoms. The summed E-state index contributed by atoms with van der Waals surface area (Å²) >= 11 is 0. The highest BCUT2D eigenvalue weighted by Gasteiger charge is 2.27. The zero-order chi connectivity index (χ0) is 15.3. The number of ether oxygens (including phenoxy) is 2. The van der Waals surface area contributed by atoms with Crippen LogP contribution in [0.2, 0.25) is 0 Å². The topological polar surface area (TPSA) is 18.5 Å². The lowest BCUT2D eigenvalue weighted by Gasteiger charge is -2.33. The molecule has 1 aromatic rings. The summed E-state index contributed by atoms with van der Waals surface area (Å²) in [6.45, 7) is 10.1. The SMILES string of the molecule is CCC(c1ccc(OC2CCCCO2)cc1)C(C)(C)CC. The van der Waals surface area contributed by atoms with Crippen molar-refractivity contribution >= 4 is 0 Å². The number of hydrogen-bond acceptors (Lipinski definition) is 2. The lowest BCUT2D eigenvalue weighted by molar-refractivity contribution is -0.105. The predicted molar refractivity (Wildman–Crippen MR) is 87.8 cm³/mol. The molecule has 0 spiro atoms. The van der Waals surface area contributed by atoms with Crippen molar-refractivity contribution in [3.05, 3.63) is 29.8 Å². The van der Waals surface area contributed by atoms with E-state index in [2.05, 4.69) is 52.0 Å². The second-order valence-corrected chi connectivity index (χ2v) is 6.79. The Kier molecular flexibility index (Phi) is 5.69. The molecule has 0 N–H and O–H groups in total. The van der Waals surface area contributed by atoms with Crippen LogP contribution >= 0.6 is 0 Å². The van der Waals surface area contributed by atoms with E-state index in [-0.39, 0.29) is 6.29 Å². The van der Waals surface area contributed by atoms with Crippen LogP contribution in [0.4, 0.5) is 0 Å². The summed E-state index contributed by atoms with van der Waals surface area (Å²) in [7, 11) is 0. The molecule has 0 bridgehead atoms. The van der Waals surface area contributed by atoms with Gasteiger partial charge in [-0.1, -0.05) is 46.2 Å². The van der Waals surface area contributed by atoms with E-state index in [1.807, 2.05) is 0 Å². The van der Waals surface area contributed by atoms with Crippen molar-refractivity contribution in [2.45, 2.75) is 72.0 Å². The minimum absolute atomic E-state index is 0.0568. The fourth-order valence-electron chi connectivity index (χ4n) is 3.22. The molecule has 0 aromatic heterocycles. The summed E-state index contributed by atoms with van der Waals surface area (Å²) in [5.41, 5.74) is 1.75. The number of hydrogen-bond donors (Lipinski definition) is 0. The molecule has 0 radical (unpaired) electrons. The lowest BCUT2D eigenvalue weighted by atomic mass is 9.72. The molecule has 2 rings (SSSR count). The second-order valence-electron chi connectivity index (χ2n) is 6.79. The molecule has 1 aromatic carbocycles. The summed E-state index contributed by atoms with van der Waals surface area (Å²) in [4.78, 5) is 0. The fraction of sp³-hybridized carbons (Fsp3) is 0.684. The maximum Gasteiger partial charge on any atom is 0.199 e. The van der Waals surface area contributed by atoms with Crippen molar-refractivity contribution in [2.24, 2.45) is 5.41 Å². The molecule has 2 atom stereocenters. The zero-order valence-corrected chi connectivity index (χ0v) is 14.0. The summed E-state index contributed by atoms with van der Waals surface area (Å²) < 4.78 is 11.5. The number of rotatable bonds is 6. The van der Waals surface area contributed by atoms with Gasteiger partial charge in [0.25, 0.3) is 0 Å². The van der Waals surface area contributed by atoms with Gasteiger partial charge >= 0.3 is 0 Å². The minimum atomic E-state index is -0.0568. The molecule has 0 amide bonds. The first-order valence-electron chi connectivity index (χ1n) is 8.45. The Morgan fingerprint density at radius 3 is 2.43 bits per heavy atom. The van der Waals surface area contributed by atoms with Gasteiger partial charge in [0.15, 0.2) is 6.29 Å². The van der Waals surface area contributed by atoms with Crippen LogP contribution in [0.5, 0.6) is 5.75 Å². The Morgan fingerprint density at radius 1 is 1.19 bits per heavy atom. The summed E-state index contributed by atoms with van der Waals surface area (Å²) in [5.74, 6) is 1.53. The first-order valence-corrected chi connectivity index (χ1v) is 8.45. The average molecular weight is 290 g/mol. The van der Waals surface area contributed by atoms with Crippen molar-refractivity contribution in [1.29, 1.82) is 0 Å². The average Bonchev–Trinajstić information content (AvgIpc) is 2.50. The fourth-order valence-corrected chi connectivity index (χ4v) is 3.22. The first kappa shape index (κ1) is 16.4. The third-order valence-corrected chi connectivity index (χ3v) is 4.95. The molecule has 1 aliphatic rings. The molecular weight excluding hydrogens is 260 g/mol. The van der Waals surface area contributed by atoms with Gasteiger partial charge in [0.1, 0.15) is 5.75 Å². The maximum absolute atomic E-state index is 5.91. The molecule has 1 saturated heterocycles. The summed E-state index contributed by atoms with van der Waals surface area (Å²) in [5, 5.41) is 0. The monoisotopic (exact) mass is 290 g/mol. The standard InChI is InChI=1S/C19H30O2/c1-5-17(19(3,4)6-2)15-10-12-16(13-11-15)21-18-9-7-8-14-20-18/h10-13,17-18H,5-9,14H2,1-4H3. The minimum Gasteiger partial charge on any atom is -0.465 e. The molecule has 2 heteroatoms. The Bertz CT molecular complexity index is 416. The van der Waals surface area contributed by atoms with Gasteiger partial charge in [0.05, 0.1) is 6.61 Å². The smallest absolute Gasteiger partial charge is 0.199 e. The van der Waals surface area contributed by atoms with E-state index in [0.29, 0.717) is 11.3 Å². The second kappa shape index (κ2) is 7.31. The van der Waals surface area contributed by atoms with Gasteiger partial charge in [-0.2, -0.15) is 0 Å². The lowest BCUT2D eigenvalue weighted by Crippen LogP contribution is -2.25. The van der Waals surface area contributed by atoms with E-state index < -0.39 is 0 Å². The highest BCUT2D eigenvalue weighted by atomic mass is 16.7. The van der Waals surface area contributed by atoms with Crippen LogP contribution in [0, 0.1) is 5.41 Å². The van der Waals surface area contributed by atoms with Crippen LogP contribution < -0.4 is 4.74 Å². The van der Waals surface area contributed by atoms with Gasteiger partial charge in [0, 0.05) is 6.42 Å². The van der Waals surface area contributed by atoms with E-state index in [4.69, 9.17) is 9.47 Å². The Balaban J connectivity index is 2.03. The molecular formula is C19H30O2. The highest BCUT2D eigenvalue weighted by molar-refractivity contribution is 5.30. The van der Waals surface area contributed by atoms with Crippen molar-refractivity contribution < 1.29 is 9.47 Å². The first-order chi connectivity index (χ1) is 10.1. The van der Waals surface area contributed by atoms with Gasteiger partial charge in [-0.15, -0.1) is 0 Å². The summed E-state index contributed by atoms with van der Waals surface area (Å²) in [6.07, 6.45) is 5.67. The predicted octanol–water partition coefficient (Wildman–Crippen LogP) is 5.52. The van der Waals surface area contributed by atoms with Crippen LogP contribution in [-0.2, 0) is 4.74 Å². The van der Waals surface area contributed by atoms with Crippen LogP contribution in [0.3, 0.4) is 0 Å². The van der Waals surface area contributed by atoms with Crippen molar-refractivity contribution in [3.63, 3.8) is 0 Å².